The van der Waals surface area contributed by atoms with Crippen molar-refractivity contribution in [2.75, 3.05) is 18.0 Å². The zero-order valence-corrected chi connectivity index (χ0v) is 15.0. The van der Waals surface area contributed by atoms with Crippen LogP contribution in [-0.4, -0.2) is 47.5 Å². The van der Waals surface area contributed by atoms with E-state index in [2.05, 4.69) is 34.7 Å². The first-order valence-electron chi connectivity index (χ1n) is 9.47. The molecule has 25 heavy (non-hydrogen) atoms. The lowest BCUT2D eigenvalue weighted by Gasteiger charge is -2.34. The van der Waals surface area contributed by atoms with Crippen LogP contribution >= 0.6 is 0 Å². The predicted octanol–water partition coefficient (Wildman–Crippen LogP) is 2.14. The Morgan fingerprint density at radius 2 is 2.12 bits per heavy atom. The van der Waals surface area contributed by atoms with Crippen LogP contribution in [0.3, 0.4) is 0 Å². The summed E-state index contributed by atoms with van der Waals surface area (Å²) in [7, 11) is 0. The summed E-state index contributed by atoms with van der Waals surface area (Å²) in [5.74, 6) is 1.29. The first kappa shape index (κ1) is 17.1. The van der Waals surface area contributed by atoms with Crippen LogP contribution in [0.15, 0.2) is 12.4 Å². The molecule has 1 saturated carbocycles. The van der Waals surface area contributed by atoms with Gasteiger partial charge in [0.15, 0.2) is 0 Å². The number of fused-ring (bicyclic) bond motifs is 1. The van der Waals surface area contributed by atoms with Gasteiger partial charge in [0, 0.05) is 24.6 Å². The Balaban J connectivity index is 1.49. The number of ether oxygens (including phenoxy) is 1. The number of hydrogen-bond donors (Lipinski definition) is 2. The average Bonchev–Trinajstić information content (AvgIpc) is 3.20. The van der Waals surface area contributed by atoms with Crippen LogP contribution in [-0.2, 0) is 4.74 Å². The highest BCUT2D eigenvalue weighted by Gasteiger charge is 2.42. The first-order valence-corrected chi connectivity index (χ1v) is 9.47. The Morgan fingerprint density at radius 3 is 2.88 bits per heavy atom. The number of anilines is 1. The third-order valence-electron chi connectivity index (χ3n) is 5.62. The van der Waals surface area contributed by atoms with Gasteiger partial charge in [0.25, 0.3) is 0 Å². The summed E-state index contributed by atoms with van der Waals surface area (Å²) in [5, 5.41) is 0. The van der Waals surface area contributed by atoms with Crippen molar-refractivity contribution in [1.82, 2.24) is 20.8 Å². The van der Waals surface area contributed by atoms with Crippen molar-refractivity contribution in [2.45, 2.75) is 70.0 Å². The van der Waals surface area contributed by atoms with Crippen molar-refractivity contribution in [3.05, 3.63) is 18.1 Å². The summed E-state index contributed by atoms with van der Waals surface area (Å²) in [6, 6.07) is 2.62. The molecule has 7 heteroatoms. The lowest BCUT2D eigenvalue weighted by atomic mass is 9.79. The average molecular weight is 349 g/mol. The second-order valence-electron chi connectivity index (χ2n) is 7.79. The molecular weight excluding hydrogens is 321 g/mol. The zero-order valence-electron chi connectivity index (χ0n) is 15.0. The Hall–Kier alpha value is -1.31. The van der Waals surface area contributed by atoms with E-state index in [9.17, 15) is 4.39 Å². The highest BCUT2D eigenvalue weighted by Crippen LogP contribution is 2.39. The minimum atomic E-state index is -0.749. The maximum absolute atomic E-state index is 13.5. The van der Waals surface area contributed by atoms with Crippen molar-refractivity contribution in [2.24, 2.45) is 5.92 Å². The van der Waals surface area contributed by atoms with Gasteiger partial charge in [-0.2, -0.15) is 0 Å². The topological polar surface area (TPSA) is 62.3 Å². The normalized spacial score (nSPS) is 35.4. The zero-order chi connectivity index (χ0) is 17.4. The summed E-state index contributed by atoms with van der Waals surface area (Å²) >= 11 is 0. The molecule has 0 aromatic carbocycles. The molecule has 2 N–H and O–H groups in total. The molecule has 0 amide bonds. The largest absolute Gasteiger partial charge is 0.376 e. The van der Waals surface area contributed by atoms with Crippen molar-refractivity contribution >= 4 is 5.82 Å². The minimum absolute atomic E-state index is 0.147. The molecule has 2 aliphatic heterocycles. The molecule has 3 heterocycles. The molecule has 4 unspecified atom stereocenters. The van der Waals surface area contributed by atoms with Crippen molar-refractivity contribution in [1.29, 1.82) is 0 Å². The number of rotatable bonds is 4. The van der Waals surface area contributed by atoms with Gasteiger partial charge in [-0.05, 0) is 39.5 Å². The van der Waals surface area contributed by atoms with Crippen LogP contribution in [0.1, 0.15) is 51.3 Å². The molecule has 1 aromatic heterocycles. The maximum Gasteiger partial charge on any atom is 0.132 e. The molecule has 1 aromatic rings. The molecule has 2 saturated heterocycles. The van der Waals surface area contributed by atoms with E-state index in [0.717, 1.165) is 37.3 Å². The summed E-state index contributed by atoms with van der Waals surface area (Å²) in [4.78, 5) is 10.9. The molecular formula is C18H28FN5O. The first-order chi connectivity index (χ1) is 12.1. The van der Waals surface area contributed by atoms with Crippen LogP contribution < -0.4 is 15.8 Å². The monoisotopic (exact) mass is 349 g/mol. The van der Waals surface area contributed by atoms with Crippen LogP contribution in [0.4, 0.5) is 10.2 Å². The molecule has 0 spiro atoms. The van der Waals surface area contributed by atoms with Gasteiger partial charge in [-0.15, -0.1) is 0 Å². The van der Waals surface area contributed by atoms with Gasteiger partial charge in [0.2, 0.25) is 0 Å². The summed E-state index contributed by atoms with van der Waals surface area (Å²) < 4.78 is 19.6. The van der Waals surface area contributed by atoms with Gasteiger partial charge in [-0.25, -0.2) is 19.8 Å². The quantitative estimate of drug-likeness (QED) is 0.868. The Labute approximate surface area is 148 Å². The van der Waals surface area contributed by atoms with Crippen LogP contribution in [0, 0.1) is 5.92 Å². The lowest BCUT2D eigenvalue weighted by Crippen LogP contribution is -2.38. The van der Waals surface area contributed by atoms with Crippen LogP contribution in [0.2, 0.25) is 0 Å². The van der Waals surface area contributed by atoms with Gasteiger partial charge in [-0.3, -0.25) is 5.43 Å². The smallest absolute Gasteiger partial charge is 0.132 e. The van der Waals surface area contributed by atoms with E-state index in [4.69, 9.17) is 4.74 Å². The molecule has 138 valence electrons. The molecule has 0 radical (unpaired) electrons. The van der Waals surface area contributed by atoms with E-state index in [1.165, 1.54) is 0 Å². The van der Waals surface area contributed by atoms with Crippen molar-refractivity contribution < 1.29 is 9.13 Å². The Kier molecular flexibility index (Phi) is 4.88. The minimum Gasteiger partial charge on any atom is -0.376 e. The molecule has 0 bridgehead atoms. The fourth-order valence-electron chi connectivity index (χ4n) is 4.45. The van der Waals surface area contributed by atoms with Gasteiger partial charge in [0.05, 0.1) is 30.5 Å². The highest BCUT2D eigenvalue weighted by molar-refractivity contribution is 5.41. The number of alkyl halides is 1. The fraction of sp³-hybridized carbons (Fsp3) is 0.778. The Bertz CT molecular complexity index is 601. The molecule has 4 rings (SSSR count). The van der Waals surface area contributed by atoms with Gasteiger partial charge in [-0.1, -0.05) is 0 Å². The van der Waals surface area contributed by atoms with E-state index < -0.39 is 6.17 Å². The summed E-state index contributed by atoms with van der Waals surface area (Å²) in [6.45, 7) is 5.35. The SMILES string of the molecule is CC(C)OC1CCC2NNC(c3cc(N4CC[C@H](F)C4)ncn3)C2C1. The van der Waals surface area contributed by atoms with Crippen molar-refractivity contribution in [3.63, 3.8) is 0 Å². The number of hydrazine groups is 1. The number of hydrogen-bond acceptors (Lipinski definition) is 6. The molecule has 5 atom stereocenters. The van der Waals surface area contributed by atoms with Gasteiger partial charge in [0.1, 0.15) is 18.3 Å². The fourth-order valence-corrected chi connectivity index (χ4v) is 4.45. The van der Waals surface area contributed by atoms with Crippen LogP contribution in [0.5, 0.6) is 0 Å². The molecule has 3 fully saturated rings. The van der Waals surface area contributed by atoms with Crippen molar-refractivity contribution in [3.8, 4) is 0 Å². The van der Waals surface area contributed by atoms with E-state index in [1.54, 1.807) is 6.33 Å². The maximum atomic E-state index is 13.5. The molecule has 3 aliphatic rings. The standard InChI is InChI=1S/C18H28FN5O/c1-11(2)25-13-3-4-15-14(7-13)18(23-22-15)16-8-17(21-10-20-16)24-6-5-12(19)9-24/h8,10-15,18,22-23H,3-7,9H2,1-2H3/t12-,13?,14?,15?,18?/m0/s1. The number of aromatic nitrogens is 2. The highest BCUT2D eigenvalue weighted by atomic mass is 19.1. The van der Waals surface area contributed by atoms with Gasteiger partial charge < -0.3 is 9.64 Å². The molecule has 6 nitrogen and oxygen atoms in total. The van der Waals surface area contributed by atoms with E-state index in [1.807, 2.05) is 11.0 Å². The van der Waals surface area contributed by atoms with E-state index in [-0.39, 0.29) is 12.1 Å². The van der Waals surface area contributed by atoms with Gasteiger partial charge >= 0.3 is 0 Å². The van der Waals surface area contributed by atoms with Crippen LogP contribution in [0.25, 0.3) is 0 Å². The van der Waals surface area contributed by atoms with E-state index >= 15 is 0 Å². The summed E-state index contributed by atoms with van der Waals surface area (Å²) in [5.41, 5.74) is 7.85. The third-order valence-corrected chi connectivity index (χ3v) is 5.62. The predicted molar refractivity (Wildman–Crippen MR) is 93.9 cm³/mol. The third kappa shape index (κ3) is 3.64. The molecule has 1 aliphatic carbocycles. The number of nitrogens with one attached hydrogen (secondary N) is 2. The second kappa shape index (κ2) is 7.13. The lowest BCUT2D eigenvalue weighted by molar-refractivity contribution is -0.0276. The number of nitrogens with zero attached hydrogens (tertiary/aromatic N) is 3. The summed E-state index contributed by atoms with van der Waals surface area (Å²) in [6.07, 6.45) is 5.26. The Morgan fingerprint density at radius 1 is 1.24 bits per heavy atom. The number of halogens is 1. The van der Waals surface area contributed by atoms with E-state index in [0.29, 0.717) is 31.0 Å². The second-order valence-corrected chi connectivity index (χ2v) is 7.79.